The number of carbonyl (C=O) groups is 1. The number of morpholine rings is 1. The van der Waals surface area contributed by atoms with Crippen molar-refractivity contribution in [2.45, 2.75) is 0 Å². The maximum absolute atomic E-state index is 12.3. The minimum absolute atomic E-state index is 0.267. The number of likely N-dealkylation sites (N-methyl/N-ethyl adjacent to an activating group) is 2. The van der Waals surface area contributed by atoms with Crippen molar-refractivity contribution in [3.8, 4) is 11.5 Å². The number of rotatable bonds is 13. The fourth-order valence-corrected chi connectivity index (χ4v) is 4.61. The van der Waals surface area contributed by atoms with Gasteiger partial charge in [-0.15, -0.1) is 0 Å². The number of amides is 1. The number of methoxy groups -OCH3 is 2. The molecule has 0 atom stereocenters. The summed E-state index contributed by atoms with van der Waals surface area (Å²) in [6.45, 7) is 8.15. The van der Waals surface area contributed by atoms with Crippen LogP contribution >= 0.6 is 11.6 Å². The van der Waals surface area contributed by atoms with Crippen molar-refractivity contribution in [3.63, 3.8) is 0 Å². The fraction of sp³-hybridized carbons (Fsp3) is 0.367. The highest BCUT2D eigenvalue weighted by molar-refractivity contribution is 6.33. The predicted octanol–water partition coefficient (Wildman–Crippen LogP) is 4.59. The van der Waals surface area contributed by atoms with Gasteiger partial charge in [-0.2, -0.15) is 4.98 Å². The molecule has 0 unspecified atom stereocenters. The Balaban J connectivity index is 1.61. The maximum Gasteiger partial charge on any atom is 0.247 e. The van der Waals surface area contributed by atoms with Crippen molar-refractivity contribution < 1.29 is 19.0 Å². The van der Waals surface area contributed by atoms with E-state index in [1.54, 1.807) is 20.3 Å². The maximum atomic E-state index is 12.3. The van der Waals surface area contributed by atoms with Crippen molar-refractivity contribution in [3.05, 3.63) is 54.2 Å². The third-order valence-electron chi connectivity index (χ3n) is 6.86. The standard InChI is InChI=1S/C30H39ClN8O4/c1-7-28(40)33-23-17-24(27(42-6)18-25(23)38(4)11-10-37(2)3)35-30-32-19-21(31)29(36-30)34-22-9-8-20(16-26(22)41-5)39-12-14-43-15-13-39/h7-9,16-19H,1,10-15H2,2-6H3,(H,33,40)(H2,32,34,35,36). The average Bonchev–Trinajstić information content (AvgIpc) is 3.02. The number of aromatic nitrogens is 2. The number of hydrogen-bond acceptors (Lipinski definition) is 11. The van der Waals surface area contributed by atoms with Crippen LogP contribution < -0.4 is 35.2 Å². The summed E-state index contributed by atoms with van der Waals surface area (Å²) in [4.78, 5) is 27.7. The van der Waals surface area contributed by atoms with E-state index in [0.29, 0.717) is 52.6 Å². The molecule has 0 saturated carbocycles. The molecular formula is C30H39ClN8O4. The minimum Gasteiger partial charge on any atom is -0.494 e. The first-order chi connectivity index (χ1) is 20.7. The molecule has 0 radical (unpaired) electrons. The lowest BCUT2D eigenvalue weighted by molar-refractivity contribution is -0.111. The predicted molar refractivity (Wildman–Crippen MR) is 173 cm³/mol. The topological polar surface area (TPSA) is 116 Å². The van der Waals surface area contributed by atoms with Gasteiger partial charge in [-0.25, -0.2) is 4.98 Å². The van der Waals surface area contributed by atoms with Crippen LogP contribution in [0, 0.1) is 0 Å². The molecule has 1 fully saturated rings. The summed E-state index contributed by atoms with van der Waals surface area (Å²) in [5.41, 5.74) is 3.65. The van der Waals surface area contributed by atoms with E-state index in [4.69, 9.17) is 25.8 Å². The Morgan fingerprint density at radius 1 is 1.05 bits per heavy atom. The Hall–Kier alpha value is -4.26. The van der Waals surface area contributed by atoms with Gasteiger partial charge in [0.25, 0.3) is 0 Å². The van der Waals surface area contributed by atoms with Crippen molar-refractivity contribution >= 4 is 57.7 Å². The third kappa shape index (κ3) is 8.19. The van der Waals surface area contributed by atoms with Gasteiger partial charge in [-0.3, -0.25) is 4.79 Å². The van der Waals surface area contributed by atoms with Crippen molar-refractivity contribution in [2.75, 3.05) is 101 Å². The molecule has 230 valence electrons. The summed E-state index contributed by atoms with van der Waals surface area (Å²) < 4.78 is 16.8. The average molecular weight is 611 g/mol. The van der Waals surface area contributed by atoms with Gasteiger partial charge in [-0.05, 0) is 38.4 Å². The molecule has 43 heavy (non-hydrogen) atoms. The molecule has 0 aliphatic carbocycles. The summed E-state index contributed by atoms with van der Waals surface area (Å²) in [5, 5.41) is 9.70. The first-order valence-corrected chi connectivity index (χ1v) is 14.2. The summed E-state index contributed by atoms with van der Waals surface area (Å²) in [6, 6.07) is 9.56. The minimum atomic E-state index is -0.332. The summed E-state index contributed by atoms with van der Waals surface area (Å²) >= 11 is 6.49. The van der Waals surface area contributed by atoms with E-state index in [1.165, 1.54) is 12.3 Å². The third-order valence-corrected chi connectivity index (χ3v) is 7.14. The molecule has 3 aromatic rings. The van der Waals surface area contributed by atoms with Gasteiger partial charge in [0.05, 0.1) is 56.4 Å². The molecule has 0 bridgehead atoms. The van der Waals surface area contributed by atoms with E-state index >= 15 is 0 Å². The number of benzene rings is 2. The lowest BCUT2D eigenvalue weighted by atomic mass is 10.2. The first kappa shape index (κ1) is 31.7. The quantitative estimate of drug-likeness (QED) is 0.236. The number of halogens is 1. The molecule has 4 rings (SSSR count). The number of anilines is 7. The molecule has 2 aromatic carbocycles. The zero-order valence-corrected chi connectivity index (χ0v) is 26.0. The van der Waals surface area contributed by atoms with Crippen LogP contribution in [0.1, 0.15) is 0 Å². The zero-order valence-electron chi connectivity index (χ0n) is 25.2. The number of carbonyl (C=O) groups excluding carboxylic acids is 1. The van der Waals surface area contributed by atoms with Gasteiger partial charge < -0.3 is 44.9 Å². The van der Waals surface area contributed by atoms with Crippen molar-refractivity contribution in [1.29, 1.82) is 0 Å². The van der Waals surface area contributed by atoms with E-state index in [-0.39, 0.29) is 11.9 Å². The second-order valence-electron chi connectivity index (χ2n) is 10.1. The number of nitrogens with zero attached hydrogens (tertiary/aromatic N) is 5. The molecule has 1 aliphatic rings. The number of nitrogens with one attached hydrogen (secondary N) is 3. The Morgan fingerprint density at radius 2 is 1.77 bits per heavy atom. The van der Waals surface area contributed by atoms with E-state index in [9.17, 15) is 4.79 Å². The van der Waals surface area contributed by atoms with Crippen LogP contribution in [0.5, 0.6) is 11.5 Å². The summed E-state index contributed by atoms with van der Waals surface area (Å²) in [6.07, 6.45) is 2.73. The molecule has 1 aliphatic heterocycles. The van der Waals surface area contributed by atoms with E-state index in [1.807, 2.05) is 50.3 Å². The molecular weight excluding hydrogens is 572 g/mol. The zero-order chi connectivity index (χ0) is 30.9. The molecule has 1 amide bonds. The van der Waals surface area contributed by atoms with Gasteiger partial charge in [-0.1, -0.05) is 18.2 Å². The van der Waals surface area contributed by atoms with Crippen LogP contribution in [0.3, 0.4) is 0 Å². The molecule has 0 spiro atoms. The van der Waals surface area contributed by atoms with Crippen LogP contribution in [0.2, 0.25) is 5.02 Å². The Morgan fingerprint density at radius 3 is 2.44 bits per heavy atom. The normalized spacial score (nSPS) is 13.0. The van der Waals surface area contributed by atoms with Crippen LogP contribution in [0.15, 0.2) is 49.2 Å². The second kappa shape index (κ2) is 14.8. The van der Waals surface area contributed by atoms with Crippen molar-refractivity contribution in [1.82, 2.24) is 14.9 Å². The van der Waals surface area contributed by atoms with Crippen LogP contribution in [-0.4, -0.2) is 95.5 Å². The first-order valence-electron chi connectivity index (χ1n) is 13.8. The fourth-order valence-electron chi connectivity index (χ4n) is 4.47. The molecule has 13 heteroatoms. The Labute approximate surface area is 257 Å². The highest BCUT2D eigenvalue weighted by atomic mass is 35.5. The van der Waals surface area contributed by atoms with Gasteiger partial charge >= 0.3 is 0 Å². The lowest BCUT2D eigenvalue weighted by Crippen LogP contribution is -2.36. The summed E-state index contributed by atoms with van der Waals surface area (Å²) in [5.74, 6) is 1.50. The van der Waals surface area contributed by atoms with Crippen LogP contribution in [0.4, 0.5) is 40.2 Å². The van der Waals surface area contributed by atoms with Crippen LogP contribution in [0.25, 0.3) is 0 Å². The van der Waals surface area contributed by atoms with E-state index in [0.717, 1.165) is 37.6 Å². The number of hydrogen-bond donors (Lipinski definition) is 3. The highest BCUT2D eigenvalue weighted by Gasteiger charge is 2.18. The molecule has 12 nitrogen and oxygen atoms in total. The smallest absolute Gasteiger partial charge is 0.247 e. The second-order valence-corrected chi connectivity index (χ2v) is 10.5. The number of ether oxygens (including phenoxy) is 3. The van der Waals surface area contributed by atoms with Gasteiger partial charge in [0.2, 0.25) is 11.9 Å². The van der Waals surface area contributed by atoms with Gasteiger partial charge in [0.1, 0.15) is 16.5 Å². The molecule has 1 saturated heterocycles. The lowest BCUT2D eigenvalue weighted by Gasteiger charge is -2.29. The van der Waals surface area contributed by atoms with Crippen molar-refractivity contribution in [2.24, 2.45) is 0 Å². The Bertz CT molecular complexity index is 1430. The SMILES string of the molecule is C=CC(=O)Nc1cc(Nc2ncc(Cl)c(Nc3ccc(N4CCOCC4)cc3OC)n2)c(OC)cc1N(C)CCN(C)C. The van der Waals surface area contributed by atoms with E-state index < -0.39 is 0 Å². The molecule has 3 N–H and O–H groups in total. The monoisotopic (exact) mass is 610 g/mol. The van der Waals surface area contributed by atoms with E-state index in [2.05, 4.69) is 42.3 Å². The summed E-state index contributed by atoms with van der Waals surface area (Å²) in [7, 11) is 9.17. The highest BCUT2D eigenvalue weighted by Crippen LogP contribution is 2.39. The van der Waals surface area contributed by atoms with Gasteiger partial charge in [0, 0.05) is 51.0 Å². The molecule has 2 heterocycles. The van der Waals surface area contributed by atoms with Gasteiger partial charge in [0.15, 0.2) is 5.82 Å². The van der Waals surface area contributed by atoms with Crippen LogP contribution in [-0.2, 0) is 9.53 Å². The molecule has 1 aromatic heterocycles. The largest absolute Gasteiger partial charge is 0.494 e. The Kier molecular flexibility index (Phi) is 10.9.